The summed E-state index contributed by atoms with van der Waals surface area (Å²) in [5.41, 5.74) is 1.18. The molecule has 0 spiro atoms. The fourth-order valence-electron chi connectivity index (χ4n) is 3.71. The summed E-state index contributed by atoms with van der Waals surface area (Å²) in [6.07, 6.45) is -0.410. The molecule has 4 rings (SSSR count). The molecule has 9 nitrogen and oxygen atoms in total. The summed E-state index contributed by atoms with van der Waals surface area (Å²) in [5, 5.41) is 2.76. The molecule has 0 saturated carbocycles. The lowest BCUT2D eigenvalue weighted by Crippen LogP contribution is -2.45. The maximum atomic E-state index is 13.6. The Kier molecular flexibility index (Phi) is 7.54. The molecule has 0 saturated heterocycles. The molecule has 36 heavy (non-hydrogen) atoms. The Labute approximate surface area is 210 Å². The predicted molar refractivity (Wildman–Crippen MR) is 135 cm³/mol. The molecule has 0 bridgehead atoms. The number of nitrogens with one attached hydrogen (secondary N) is 1. The summed E-state index contributed by atoms with van der Waals surface area (Å²) in [6, 6.07) is 18.4. The van der Waals surface area contributed by atoms with E-state index in [1.165, 1.54) is 32.4 Å². The molecule has 3 aromatic carbocycles. The number of nitrogens with zero attached hydrogens (tertiary/aromatic N) is 1. The third-order valence-electron chi connectivity index (χ3n) is 5.65. The van der Waals surface area contributed by atoms with Gasteiger partial charge in [-0.1, -0.05) is 29.8 Å². The van der Waals surface area contributed by atoms with Crippen molar-refractivity contribution in [2.45, 2.75) is 17.9 Å². The van der Waals surface area contributed by atoms with Crippen molar-refractivity contribution in [3.63, 3.8) is 0 Å². The maximum Gasteiger partial charge on any atom is 0.264 e. The summed E-state index contributed by atoms with van der Waals surface area (Å²) in [4.78, 5) is 13.0. The largest absolute Gasteiger partial charge is 0.493 e. The molecule has 1 N–H and O–H groups in total. The molecule has 0 radical (unpaired) electrons. The molecular weight excluding hydrogens is 484 g/mol. The molecule has 1 heterocycles. The topological polar surface area (TPSA) is 103 Å². The first kappa shape index (κ1) is 25.2. The van der Waals surface area contributed by atoms with E-state index in [0.717, 1.165) is 9.87 Å². The van der Waals surface area contributed by atoms with E-state index in [-0.39, 0.29) is 23.7 Å². The van der Waals surface area contributed by atoms with Crippen LogP contribution in [-0.4, -0.2) is 54.3 Å². The minimum Gasteiger partial charge on any atom is -0.493 e. The SMILES string of the molecule is COc1ccc(N(CC(=O)NCC2COc3ccccc3O2)S(=O)(=O)c2ccc(C)cc2)cc1OC. The van der Waals surface area contributed by atoms with E-state index in [1.54, 1.807) is 36.4 Å². The standard InChI is InChI=1S/C26H28N2O7S/c1-18-8-11-21(12-9-18)36(30,31)28(19-10-13-22(32-2)25(14-19)33-3)16-26(29)27-15-20-17-34-23-6-4-5-7-24(23)35-20/h4-14,20H,15-17H2,1-3H3,(H,27,29). The first-order valence-electron chi connectivity index (χ1n) is 11.3. The quantitative estimate of drug-likeness (QED) is 0.470. The molecule has 0 aliphatic carbocycles. The number of methoxy groups -OCH3 is 2. The fourth-order valence-corrected chi connectivity index (χ4v) is 5.12. The molecule has 0 aromatic heterocycles. The number of aryl methyl sites for hydroxylation is 1. The fraction of sp³-hybridized carbons (Fsp3) is 0.269. The van der Waals surface area contributed by atoms with Gasteiger partial charge < -0.3 is 24.3 Å². The van der Waals surface area contributed by atoms with Gasteiger partial charge in [0.1, 0.15) is 19.3 Å². The third kappa shape index (κ3) is 5.49. The zero-order valence-corrected chi connectivity index (χ0v) is 21.1. The van der Waals surface area contributed by atoms with Gasteiger partial charge in [-0.2, -0.15) is 0 Å². The number of para-hydroxylation sites is 2. The van der Waals surface area contributed by atoms with Gasteiger partial charge in [-0.3, -0.25) is 9.10 Å². The number of hydrogen-bond acceptors (Lipinski definition) is 7. The lowest BCUT2D eigenvalue weighted by molar-refractivity contribution is -0.120. The zero-order chi connectivity index (χ0) is 25.7. The van der Waals surface area contributed by atoms with Crippen LogP contribution in [-0.2, 0) is 14.8 Å². The van der Waals surface area contributed by atoms with Crippen molar-refractivity contribution in [3.8, 4) is 23.0 Å². The number of rotatable bonds is 9. The first-order valence-corrected chi connectivity index (χ1v) is 12.7. The Morgan fingerprint density at radius 1 is 1.00 bits per heavy atom. The van der Waals surface area contributed by atoms with Crippen molar-refractivity contribution in [1.29, 1.82) is 0 Å². The normalized spacial score (nSPS) is 14.6. The second kappa shape index (κ2) is 10.8. The number of carbonyl (C=O) groups excluding carboxylic acids is 1. The summed E-state index contributed by atoms with van der Waals surface area (Å²) >= 11 is 0. The number of fused-ring (bicyclic) bond motifs is 1. The Morgan fingerprint density at radius 3 is 2.39 bits per heavy atom. The summed E-state index contributed by atoms with van der Waals surface area (Å²) in [5.74, 6) is 1.52. The van der Waals surface area contributed by atoms with Crippen LogP contribution in [0.4, 0.5) is 5.69 Å². The van der Waals surface area contributed by atoms with Gasteiger partial charge >= 0.3 is 0 Å². The highest BCUT2D eigenvalue weighted by Crippen LogP contribution is 2.34. The van der Waals surface area contributed by atoms with Gasteiger partial charge in [0.25, 0.3) is 10.0 Å². The number of sulfonamides is 1. The van der Waals surface area contributed by atoms with Gasteiger partial charge in [0.2, 0.25) is 5.91 Å². The smallest absolute Gasteiger partial charge is 0.264 e. The van der Waals surface area contributed by atoms with E-state index in [9.17, 15) is 13.2 Å². The van der Waals surface area contributed by atoms with Crippen LogP contribution in [0.25, 0.3) is 0 Å². The molecule has 190 valence electrons. The van der Waals surface area contributed by atoms with Crippen LogP contribution in [0.1, 0.15) is 5.56 Å². The Bertz CT molecular complexity index is 1330. The highest BCUT2D eigenvalue weighted by Gasteiger charge is 2.29. The van der Waals surface area contributed by atoms with Crippen LogP contribution in [0.3, 0.4) is 0 Å². The highest BCUT2D eigenvalue weighted by molar-refractivity contribution is 7.92. The van der Waals surface area contributed by atoms with E-state index in [2.05, 4.69) is 5.32 Å². The number of amides is 1. The lowest BCUT2D eigenvalue weighted by atomic mass is 10.2. The van der Waals surface area contributed by atoms with Crippen molar-refractivity contribution in [1.82, 2.24) is 5.32 Å². The van der Waals surface area contributed by atoms with Crippen molar-refractivity contribution < 1.29 is 32.2 Å². The molecule has 1 aliphatic heterocycles. The molecule has 1 atom stereocenters. The average molecular weight is 513 g/mol. The molecule has 0 fully saturated rings. The molecule has 3 aromatic rings. The van der Waals surface area contributed by atoms with E-state index >= 15 is 0 Å². The zero-order valence-electron chi connectivity index (χ0n) is 20.3. The van der Waals surface area contributed by atoms with E-state index < -0.39 is 28.6 Å². The summed E-state index contributed by atoms with van der Waals surface area (Å²) in [6.45, 7) is 1.83. The van der Waals surface area contributed by atoms with Crippen LogP contribution in [0.5, 0.6) is 23.0 Å². The van der Waals surface area contributed by atoms with Crippen LogP contribution in [0.2, 0.25) is 0 Å². The Balaban J connectivity index is 1.55. The van der Waals surface area contributed by atoms with E-state index in [1.807, 2.05) is 19.1 Å². The number of ether oxygens (including phenoxy) is 4. The van der Waals surface area contributed by atoms with Crippen molar-refractivity contribution in [2.24, 2.45) is 0 Å². The lowest BCUT2D eigenvalue weighted by Gasteiger charge is -2.28. The van der Waals surface area contributed by atoms with Crippen LogP contribution in [0.15, 0.2) is 71.6 Å². The van der Waals surface area contributed by atoms with Crippen molar-refractivity contribution in [2.75, 3.05) is 38.2 Å². The minimum atomic E-state index is -4.07. The average Bonchev–Trinajstić information content (AvgIpc) is 2.90. The number of benzene rings is 3. The number of carbonyl (C=O) groups is 1. The Hall–Kier alpha value is -3.92. The monoisotopic (exact) mass is 512 g/mol. The van der Waals surface area contributed by atoms with Crippen LogP contribution in [0, 0.1) is 6.92 Å². The second-order valence-electron chi connectivity index (χ2n) is 8.17. The van der Waals surface area contributed by atoms with Gasteiger partial charge in [0.05, 0.1) is 31.3 Å². The molecule has 1 aliphatic rings. The second-order valence-corrected chi connectivity index (χ2v) is 10.0. The van der Waals surface area contributed by atoms with E-state index in [0.29, 0.717) is 23.0 Å². The van der Waals surface area contributed by atoms with Crippen molar-refractivity contribution >= 4 is 21.6 Å². The van der Waals surface area contributed by atoms with Gasteiger partial charge in [-0.05, 0) is 43.3 Å². The van der Waals surface area contributed by atoms with Gasteiger partial charge in [-0.15, -0.1) is 0 Å². The predicted octanol–water partition coefficient (Wildman–Crippen LogP) is 3.16. The molecule has 10 heteroatoms. The van der Waals surface area contributed by atoms with E-state index in [4.69, 9.17) is 18.9 Å². The first-order chi connectivity index (χ1) is 17.3. The minimum absolute atomic E-state index is 0.0660. The van der Waals surface area contributed by atoms with Crippen LogP contribution >= 0.6 is 0 Å². The molecule has 1 amide bonds. The number of anilines is 1. The van der Waals surface area contributed by atoms with Crippen LogP contribution < -0.4 is 28.6 Å². The molecular formula is C26H28N2O7S. The van der Waals surface area contributed by atoms with Crippen molar-refractivity contribution in [3.05, 3.63) is 72.3 Å². The summed E-state index contributed by atoms with van der Waals surface area (Å²) in [7, 11) is -1.13. The summed E-state index contributed by atoms with van der Waals surface area (Å²) < 4.78 is 50.4. The Morgan fingerprint density at radius 2 is 1.69 bits per heavy atom. The van der Waals surface area contributed by atoms with Gasteiger partial charge in [0.15, 0.2) is 23.0 Å². The van der Waals surface area contributed by atoms with Gasteiger partial charge in [-0.25, -0.2) is 8.42 Å². The maximum absolute atomic E-state index is 13.6. The third-order valence-corrected chi connectivity index (χ3v) is 7.43. The van der Waals surface area contributed by atoms with Gasteiger partial charge in [0, 0.05) is 6.07 Å². The number of hydrogen-bond donors (Lipinski definition) is 1. The molecule has 1 unspecified atom stereocenters. The highest BCUT2D eigenvalue weighted by atomic mass is 32.2.